The smallest absolute Gasteiger partial charge is 0.244 e. The molecule has 1 amide bonds. The van der Waals surface area contributed by atoms with E-state index in [4.69, 9.17) is 0 Å². The second-order valence-corrected chi connectivity index (χ2v) is 9.34. The molecule has 0 bridgehead atoms. The Hall–Kier alpha value is -1.91. The number of carbonyl (C=O) groups excluding carboxylic acids is 1. The van der Waals surface area contributed by atoms with Crippen molar-refractivity contribution in [3.05, 3.63) is 29.8 Å². The van der Waals surface area contributed by atoms with Gasteiger partial charge in [0.2, 0.25) is 15.9 Å². The molecule has 6 nitrogen and oxygen atoms in total. The molecule has 2 aliphatic rings. The molecular formula is C20H27N3O3S. The number of sulfonamides is 1. The van der Waals surface area contributed by atoms with Gasteiger partial charge in [-0.15, -0.1) is 0 Å². The summed E-state index contributed by atoms with van der Waals surface area (Å²) in [6.45, 7) is 1.38. The Labute approximate surface area is 161 Å². The molecule has 1 aromatic carbocycles. The van der Waals surface area contributed by atoms with Gasteiger partial charge in [-0.3, -0.25) is 4.79 Å². The number of amides is 1. The van der Waals surface area contributed by atoms with Gasteiger partial charge in [0.1, 0.15) is 6.07 Å². The summed E-state index contributed by atoms with van der Waals surface area (Å²) in [6.07, 6.45) is 7.85. The van der Waals surface area contributed by atoms with E-state index in [1.807, 2.05) is 6.07 Å². The molecule has 0 atom stereocenters. The molecule has 7 heteroatoms. The summed E-state index contributed by atoms with van der Waals surface area (Å²) in [5, 5.41) is 9.18. The molecule has 0 radical (unpaired) electrons. The average molecular weight is 390 g/mol. The molecule has 0 N–H and O–H groups in total. The summed E-state index contributed by atoms with van der Waals surface area (Å²) in [7, 11) is -3.71. The first kappa shape index (κ1) is 19.8. The Kier molecular flexibility index (Phi) is 6.51. The number of benzene rings is 1. The Bertz CT molecular complexity index is 802. The minimum Gasteiger partial charge on any atom is -0.340 e. The van der Waals surface area contributed by atoms with E-state index in [0.717, 1.165) is 6.42 Å². The Morgan fingerprint density at radius 3 is 2.41 bits per heavy atom. The molecule has 146 valence electrons. The van der Waals surface area contributed by atoms with Crippen molar-refractivity contribution in [3.8, 4) is 6.07 Å². The first-order chi connectivity index (χ1) is 13.0. The SMILES string of the molecule is N#Cc1ccccc1S(=O)(=O)N1CCN(C(=O)CCC2CCCCC2)CC1. The van der Waals surface area contributed by atoms with E-state index in [2.05, 4.69) is 0 Å². The topological polar surface area (TPSA) is 81.5 Å². The zero-order valence-corrected chi connectivity index (χ0v) is 16.5. The molecular weight excluding hydrogens is 362 g/mol. The van der Waals surface area contributed by atoms with Crippen molar-refractivity contribution in [1.82, 2.24) is 9.21 Å². The van der Waals surface area contributed by atoms with Gasteiger partial charge in [-0.1, -0.05) is 44.2 Å². The highest BCUT2D eigenvalue weighted by Crippen LogP contribution is 2.28. The lowest BCUT2D eigenvalue weighted by Gasteiger charge is -2.34. The summed E-state index contributed by atoms with van der Waals surface area (Å²) in [4.78, 5) is 14.3. The number of rotatable bonds is 5. The summed E-state index contributed by atoms with van der Waals surface area (Å²) in [5.41, 5.74) is 0.156. The van der Waals surface area contributed by atoms with E-state index in [-0.39, 0.29) is 29.5 Å². The number of hydrogen-bond donors (Lipinski definition) is 0. The van der Waals surface area contributed by atoms with Crippen LogP contribution in [0.4, 0.5) is 0 Å². The van der Waals surface area contributed by atoms with Crippen LogP contribution in [0.25, 0.3) is 0 Å². The maximum absolute atomic E-state index is 12.8. The predicted octanol–water partition coefficient (Wildman–Crippen LogP) is 2.75. The standard InChI is InChI=1S/C20H27N3O3S/c21-16-18-8-4-5-9-19(18)27(25,26)23-14-12-22(13-15-23)20(24)11-10-17-6-2-1-3-7-17/h4-5,8-9,17H,1-3,6-7,10-15H2. The minimum atomic E-state index is -3.71. The first-order valence-electron chi connectivity index (χ1n) is 9.79. The van der Waals surface area contributed by atoms with E-state index in [9.17, 15) is 18.5 Å². The van der Waals surface area contributed by atoms with Gasteiger partial charge < -0.3 is 4.90 Å². The molecule has 27 heavy (non-hydrogen) atoms. The average Bonchev–Trinajstić information content (AvgIpc) is 2.72. The van der Waals surface area contributed by atoms with E-state index in [1.54, 1.807) is 17.0 Å². The van der Waals surface area contributed by atoms with Crippen LogP contribution in [-0.4, -0.2) is 49.7 Å². The molecule has 1 saturated heterocycles. The monoisotopic (exact) mass is 389 g/mol. The molecule has 1 heterocycles. The van der Waals surface area contributed by atoms with Crippen molar-refractivity contribution in [2.24, 2.45) is 5.92 Å². The third kappa shape index (κ3) is 4.69. The largest absolute Gasteiger partial charge is 0.340 e. The van der Waals surface area contributed by atoms with Crippen LogP contribution in [0.1, 0.15) is 50.5 Å². The van der Waals surface area contributed by atoms with E-state index in [1.165, 1.54) is 48.5 Å². The maximum atomic E-state index is 12.8. The van der Waals surface area contributed by atoms with E-state index in [0.29, 0.717) is 25.4 Å². The Morgan fingerprint density at radius 2 is 1.74 bits per heavy atom. The maximum Gasteiger partial charge on any atom is 0.244 e. The molecule has 1 aromatic rings. The second-order valence-electron chi connectivity index (χ2n) is 7.44. The fraction of sp³-hybridized carbons (Fsp3) is 0.600. The van der Waals surface area contributed by atoms with Crippen molar-refractivity contribution in [2.75, 3.05) is 26.2 Å². The highest BCUT2D eigenvalue weighted by molar-refractivity contribution is 7.89. The molecule has 3 rings (SSSR count). The lowest BCUT2D eigenvalue weighted by molar-refractivity contribution is -0.132. The molecule has 1 aliphatic heterocycles. The number of nitriles is 1. The van der Waals surface area contributed by atoms with Crippen LogP contribution in [0, 0.1) is 17.2 Å². The van der Waals surface area contributed by atoms with Gasteiger partial charge in [0.15, 0.2) is 0 Å². The molecule has 2 fully saturated rings. The van der Waals surface area contributed by atoms with Crippen LogP contribution in [0.2, 0.25) is 0 Å². The van der Waals surface area contributed by atoms with Crippen LogP contribution in [-0.2, 0) is 14.8 Å². The Morgan fingerprint density at radius 1 is 1.07 bits per heavy atom. The van der Waals surface area contributed by atoms with Gasteiger partial charge in [0, 0.05) is 32.6 Å². The zero-order valence-electron chi connectivity index (χ0n) is 15.6. The lowest BCUT2D eigenvalue weighted by atomic mass is 9.86. The molecule has 1 aliphatic carbocycles. The molecule has 1 saturated carbocycles. The number of piperazine rings is 1. The van der Waals surface area contributed by atoms with Crippen LogP contribution in [0.5, 0.6) is 0 Å². The fourth-order valence-corrected chi connectivity index (χ4v) is 5.63. The van der Waals surface area contributed by atoms with Crippen molar-refractivity contribution < 1.29 is 13.2 Å². The summed E-state index contributed by atoms with van der Waals surface area (Å²) in [5.74, 6) is 0.807. The fourth-order valence-electron chi connectivity index (χ4n) is 4.06. The third-order valence-corrected chi connectivity index (χ3v) is 7.66. The normalized spacial score (nSPS) is 19.6. The van der Waals surface area contributed by atoms with Crippen molar-refractivity contribution in [1.29, 1.82) is 5.26 Å². The number of carbonyl (C=O) groups is 1. The molecule has 0 unspecified atom stereocenters. The van der Waals surface area contributed by atoms with E-state index >= 15 is 0 Å². The van der Waals surface area contributed by atoms with Crippen LogP contribution in [0.15, 0.2) is 29.2 Å². The van der Waals surface area contributed by atoms with E-state index < -0.39 is 10.0 Å². The van der Waals surface area contributed by atoms with Gasteiger partial charge in [-0.05, 0) is 24.5 Å². The predicted molar refractivity (Wildman–Crippen MR) is 102 cm³/mol. The van der Waals surface area contributed by atoms with Gasteiger partial charge in [0.05, 0.1) is 10.5 Å². The Balaban J connectivity index is 1.55. The van der Waals surface area contributed by atoms with Crippen LogP contribution < -0.4 is 0 Å². The van der Waals surface area contributed by atoms with Gasteiger partial charge in [0.25, 0.3) is 0 Å². The summed E-state index contributed by atoms with van der Waals surface area (Å²) in [6, 6.07) is 8.20. The highest BCUT2D eigenvalue weighted by atomic mass is 32.2. The van der Waals surface area contributed by atoms with Gasteiger partial charge in [-0.25, -0.2) is 8.42 Å². The minimum absolute atomic E-state index is 0.0459. The van der Waals surface area contributed by atoms with Crippen LogP contribution in [0.3, 0.4) is 0 Å². The first-order valence-corrected chi connectivity index (χ1v) is 11.2. The third-order valence-electron chi connectivity index (χ3n) is 5.71. The molecule has 0 spiro atoms. The van der Waals surface area contributed by atoms with Gasteiger partial charge in [-0.2, -0.15) is 9.57 Å². The molecule has 0 aromatic heterocycles. The number of nitrogens with zero attached hydrogens (tertiary/aromatic N) is 3. The zero-order chi connectivity index (χ0) is 19.3. The van der Waals surface area contributed by atoms with Crippen LogP contribution >= 0.6 is 0 Å². The summed E-state index contributed by atoms with van der Waals surface area (Å²) < 4.78 is 27.1. The van der Waals surface area contributed by atoms with Crippen molar-refractivity contribution >= 4 is 15.9 Å². The van der Waals surface area contributed by atoms with Gasteiger partial charge >= 0.3 is 0 Å². The van der Waals surface area contributed by atoms with Crippen molar-refractivity contribution in [3.63, 3.8) is 0 Å². The highest BCUT2D eigenvalue weighted by Gasteiger charge is 2.31. The lowest BCUT2D eigenvalue weighted by Crippen LogP contribution is -2.50. The quantitative estimate of drug-likeness (QED) is 0.775. The second kappa shape index (κ2) is 8.85. The summed E-state index contributed by atoms with van der Waals surface area (Å²) >= 11 is 0. The number of hydrogen-bond acceptors (Lipinski definition) is 4. The van der Waals surface area contributed by atoms with Crippen molar-refractivity contribution in [2.45, 2.75) is 49.8 Å².